The fraction of sp³-hybridized carbons (Fsp3) is 0.700. The monoisotopic (exact) mass is 266 g/mol. The molecule has 7 heteroatoms. The first-order valence-corrected chi connectivity index (χ1v) is 6.14. The van der Waals surface area contributed by atoms with Crippen molar-refractivity contribution in [2.45, 2.75) is 43.5 Å². The molecule has 3 N–H and O–H groups in total. The van der Waals surface area contributed by atoms with Crippen LogP contribution in [0.25, 0.3) is 0 Å². The SMILES string of the molecule is NC1CCCC(O)(c2cnc(C(F)(F)F)s2)C1. The lowest BCUT2D eigenvalue weighted by molar-refractivity contribution is -0.137. The van der Waals surface area contributed by atoms with E-state index in [0.717, 1.165) is 19.0 Å². The lowest BCUT2D eigenvalue weighted by Crippen LogP contribution is -2.38. The van der Waals surface area contributed by atoms with Gasteiger partial charge >= 0.3 is 6.18 Å². The molecule has 3 nitrogen and oxygen atoms in total. The third kappa shape index (κ3) is 2.61. The lowest BCUT2D eigenvalue weighted by Gasteiger charge is -2.34. The number of nitrogens with two attached hydrogens (primary N) is 1. The Balaban J connectivity index is 2.24. The molecule has 1 aliphatic rings. The van der Waals surface area contributed by atoms with Gasteiger partial charge in [0.1, 0.15) is 5.60 Å². The van der Waals surface area contributed by atoms with Crippen molar-refractivity contribution in [3.63, 3.8) is 0 Å². The van der Waals surface area contributed by atoms with Gasteiger partial charge in [-0.15, -0.1) is 11.3 Å². The van der Waals surface area contributed by atoms with E-state index >= 15 is 0 Å². The maximum atomic E-state index is 12.4. The Morgan fingerprint density at radius 3 is 2.76 bits per heavy atom. The van der Waals surface area contributed by atoms with Crippen LogP contribution in [-0.4, -0.2) is 16.1 Å². The molecule has 0 spiro atoms. The number of hydrogen-bond donors (Lipinski definition) is 2. The van der Waals surface area contributed by atoms with Crippen LogP contribution >= 0.6 is 11.3 Å². The minimum atomic E-state index is -4.45. The van der Waals surface area contributed by atoms with Gasteiger partial charge < -0.3 is 10.8 Å². The summed E-state index contributed by atoms with van der Waals surface area (Å²) in [5, 5.41) is 9.40. The van der Waals surface area contributed by atoms with Crippen molar-refractivity contribution in [1.82, 2.24) is 4.98 Å². The maximum absolute atomic E-state index is 12.4. The van der Waals surface area contributed by atoms with E-state index in [1.807, 2.05) is 0 Å². The van der Waals surface area contributed by atoms with Crippen LogP contribution in [0.3, 0.4) is 0 Å². The minimum Gasteiger partial charge on any atom is -0.384 e. The van der Waals surface area contributed by atoms with Crippen LogP contribution in [-0.2, 0) is 11.8 Å². The molecule has 0 radical (unpaired) electrons. The van der Waals surface area contributed by atoms with Gasteiger partial charge in [0.2, 0.25) is 0 Å². The van der Waals surface area contributed by atoms with E-state index < -0.39 is 16.8 Å². The normalized spacial score (nSPS) is 30.5. The van der Waals surface area contributed by atoms with E-state index in [-0.39, 0.29) is 10.9 Å². The van der Waals surface area contributed by atoms with Crippen LogP contribution in [0.4, 0.5) is 13.2 Å². The van der Waals surface area contributed by atoms with Gasteiger partial charge in [-0.25, -0.2) is 4.98 Å². The second-order valence-electron chi connectivity index (χ2n) is 4.42. The highest BCUT2D eigenvalue weighted by molar-refractivity contribution is 7.11. The van der Waals surface area contributed by atoms with E-state index in [1.54, 1.807) is 0 Å². The van der Waals surface area contributed by atoms with Crippen molar-refractivity contribution in [2.75, 3.05) is 0 Å². The molecule has 1 aliphatic carbocycles. The minimum absolute atomic E-state index is 0.162. The molecule has 17 heavy (non-hydrogen) atoms. The first-order valence-electron chi connectivity index (χ1n) is 5.33. The molecule has 0 bridgehead atoms. The predicted octanol–water partition coefficient (Wildman–Crippen LogP) is 2.25. The molecule has 2 unspecified atom stereocenters. The Bertz CT molecular complexity index is 407. The summed E-state index contributed by atoms with van der Waals surface area (Å²) in [7, 11) is 0. The first kappa shape index (κ1) is 12.8. The van der Waals surface area contributed by atoms with Gasteiger partial charge in [-0.2, -0.15) is 13.2 Å². The summed E-state index contributed by atoms with van der Waals surface area (Å²) < 4.78 is 37.2. The van der Waals surface area contributed by atoms with Gasteiger partial charge in [-0.1, -0.05) is 0 Å². The zero-order valence-electron chi connectivity index (χ0n) is 9.00. The maximum Gasteiger partial charge on any atom is 0.443 e. The van der Waals surface area contributed by atoms with Crippen LogP contribution in [0, 0.1) is 0 Å². The highest BCUT2D eigenvalue weighted by atomic mass is 32.1. The largest absolute Gasteiger partial charge is 0.443 e. The van der Waals surface area contributed by atoms with E-state index in [2.05, 4.69) is 4.98 Å². The Hall–Kier alpha value is -0.660. The average molecular weight is 266 g/mol. The van der Waals surface area contributed by atoms with Gasteiger partial charge in [0.25, 0.3) is 0 Å². The third-order valence-electron chi connectivity index (χ3n) is 2.97. The smallest absolute Gasteiger partial charge is 0.384 e. The first-order chi connectivity index (χ1) is 7.81. The van der Waals surface area contributed by atoms with Gasteiger partial charge in [-0.3, -0.25) is 0 Å². The highest BCUT2D eigenvalue weighted by Gasteiger charge is 2.40. The van der Waals surface area contributed by atoms with Gasteiger partial charge in [0, 0.05) is 12.2 Å². The lowest BCUT2D eigenvalue weighted by atomic mass is 9.81. The number of aliphatic hydroxyl groups is 1. The Kier molecular flexibility index (Phi) is 3.17. The van der Waals surface area contributed by atoms with Crippen LogP contribution in [0.15, 0.2) is 6.20 Å². The van der Waals surface area contributed by atoms with Gasteiger partial charge in [0.05, 0.1) is 4.88 Å². The molecule has 0 aromatic carbocycles. The summed E-state index contributed by atoms with van der Waals surface area (Å²) >= 11 is 0.506. The fourth-order valence-corrected chi connectivity index (χ4v) is 3.05. The molecule has 1 saturated carbocycles. The topological polar surface area (TPSA) is 59.1 Å². The zero-order valence-corrected chi connectivity index (χ0v) is 9.81. The summed E-state index contributed by atoms with van der Waals surface area (Å²) in [6.45, 7) is 0. The average Bonchev–Trinajstić information content (AvgIpc) is 2.65. The van der Waals surface area contributed by atoms with Crippen LogP contribution < -0.4 is 5.73 Å². The predicted molar refractivity (Wildman–Crippen MR) is 57.5 cm³/mol. The summed E-state index contributed by atoms with van der Waals surface area (Å²) in [5.41, 5.74) is 4.51. The number of alkyl halides is 3. The third-order valence-corrected chi connectivity index (χ3v) is 4.21. The molecule has 0 amide bonds. The molecule has 2 atom stereocenters. The molecular weight excluding hydrogens is 253 g/mol. The van der Waals surface area contributed by atoms with Crippen molar-refractivity contribution >= 4 is 11.3 Å². The summed E-state index contributed by atoms with van der Waals surface area (Å²) in [4.78, 5) is 3.59. The van der Waals surface area contributed by atoms with Crippen molar-refractivity contribution in [3.05, 3.63) is 16.1 Å². The Morgan fingerprint density at radius 2 is 2.24 bits per heavy atom. The second kappa shape index (κ2) is 4.22. The molecule has 0 aliphatic heterocycles. The van der Waals surface area contributed by atoms with Crippen molar-refractivity contribution in [2.24, 2.45) is 5.73 Å². The number of aromatic nitrogens is 1. The molecule has 1 aromatic rings. The number of hydrogen-bond acceptors (Lipinski definition) is 4. The molecule has 1 fully saturated rings. The molecule has 96 valence electrons. The van der Waals surface area contributed by atoms with Crippen molar-refractivity contribution in [1.29, 1.82) is 0 Å². The van der Waals surface area contributed by atoms with Crippen molar-refractivity contribution in [3.8, 4) is 0 Å². The van der Waals surface area contributed by atoms with Crippen LogP contribution in [0.1, 0.15) is 35.6 Å². The molecule has 1 aromatic heterocycles. The summed E-state index contributed by atoms with van der Waals surface area (Å²) in [6, 6.07) is -0.162. The number of thiazole rings is 1. The van der Waals surface area contributed by atoms with Gasteiger partial charge in [0.15, 0.2) is 5.01 Å². The highest BCUT2D eigenvalue weighted by Crippen LogP contribution is 2.42. The van der Waals surface area contributed by atoms with Crippen LogP contribution in [0.2, 0.25) is 0 Å². The Labute approximate surface area is 100 Å². The molecule has 1 heterocycles. The molecule has 0 saturated heterocycles. The number of halogens is 3. The quantitative estimate of drug-likeness (QED) is 0.819. The number of nitrogens with zero attached hydrogens (tertiary/aromatic N) is 1. The van der Waals surface area contributed by atoms with E-state index in [4.69, 9.17) is 5.73 Å². The fourth-order valence-electron chi connectivity index (χ4n) is 2.14. The molecular formula is C10H13F3N2OS. The Morgan fingerprint density at radius 1 is 1.53 bits per heavy atom. The summed E-state index contributed by atoms with van der Waals surface area (Å²) in [5.74, 6) is 0. The van der Waals surface area contributed by atoms with Crippen molar-refractivity contribution < 1.29 is 18.3 Å². The standard InChI is InChI=1S/C10H13F3N2OS/c11-10(12,13)8-15-5-7(17-8)9(16)3-1-2-6(14)4-9/h5-6,16H,1-4,14H2. The van der Waals surface area contributed by atoms with E-state index in [0.29, 0.717) is 24.2 Å². The molecule has 2 rings (SSSR count). The van der Waals surface area contributed by atoms with Gasteiger partial charge in [-0.05, 0) is 25.7 Å². The van der Waals surface area contributed by atoms with E-state index in [9.17, 15) is 18.3 Å². The second-order valence-corrected chi connectivity index (χ2v) is 5.45. The van der Waals surface area contributed by atoms with E-state index in [1.165, 1.54) is 0 Å². The number of rotatable bonds is 1. The zero-order chi connectivity index (χ0) is 12.7. The summed E-state index contributed by atoms with van der Waals surface area (Å²) in [6.07, 6.45) is -1.07. The van der Waals surface area contributed by atoms with Crippen LogP contribution in [0.5, 0.6) is 0 Å².